The van der Waals surface area contributed by atoms with Gasteiger partial charge in [-0.05, 0) is 39.8 Å². The highest BCUT2D eigenvalue weighted by atomic mass is 35.5. The number of halogens is 2. The number of aliphatic hydroxyl groups excluding tert-OH is 1. The molecular weight excluding hydrogens is 465 g/mol. The Hall–Kier alpha value is -2.37. The van der Waals surface area contributed by atoms with Crippen LogP contribution in [0, 0.1) is 5.82 Å². The zero-order valence-corrected chi connectivity index (χ0v) is 19.8. The van der Waals surface area contributed by atoms with Gasteiger partial charge >= 0.3 is 0 Å². The van der Waals surface area contributed by atoms with Crippen LogP contribution in [0.3, 0.4) is 0 Å². The van der Waals surface area contributed by atoms with E-state index in [1.165, 1.54) is 12.3 Å². The molecule has 182 valence electrons. The fourth-order valence-corrected chi connectivity index (χ4v) is 4.57. The quantitative estimate of drug-likeness (QED) is 0.495. The Morgan fingerprint density at radius 3 is 2.82 bits per heavy atom. The number of benzene rings is 1. The summed E-state index contributed by atoms with van der Waals surface area (Å²) >= 11 is 6.40. The zero-order valence-electron chi connectivity index (χ0n) is 21.1. The molecule has 0 unspecified atom stereocenters. The molecule has 0 saturated carbocycles. The third-order valence-electron chi connectivity index (χ3n) is 5.93. The first-order valence-electron chi connectivity index (χ1n) is 12.0. The second kappa shape index (κ2) is 8.39. The summed E-state index contributed by atoms with van der Waals surface area (Å²) in [5.74, 6) is -0.132. The van der Waals surface area contributed by atoms with E-state index < -0.39 is 42.5 Å². The van der Waals surface area contributed by atoms with Gasteiger partial charge in [0.15, 0.2) is 12.1 Å². The van der Waals surface area contributed by atoms with Crippen LogP contribution < -0.4 is 5.32 Å². The lowest BCUT2D eigenvalue weighted by atomic mass is 10.0. The molecule has 2 aliphatic rings. The summed E-state index contributed by atoms with van der Waals surface area (Å²) in [6, 6.07) is 2.23. The molecule has 4 atom stereocenters. The number of anilines is 1. The van der Waals surface area contributed by atoms with Gasteiger partial charge in [0.2, 0.25) is 5.95 Å². The van der Waals surface area contributed by atoms with Crippen molar-refractivity contribution >= 4 is 28.6 Å². The Kier molecular flexibility index (Phi) is 5.17. The molecule has 0 aliphatic carbocycles. The van der Waals surface area contributed by atoms with Gasteiger partial charge in [-0.1, -0.05) is 11.6 Å². The molecular formula is C23H27ClFN5O4. The van der Waals surface area contributed by atoms with E-state index in [2.05, 4.69) is 20.3 Å². The normalized spacial score (nSPS) is 27.2. The van der Waals surface area contributed by atoms with Crippen LogP contribution in [0.15, 0.2) is 18.3 Å². The molecule has 2 aromatic heterocycles. The fraction of sp³-hybridized carbons (Fsp3) is 0.522. The summed E-state index contributed by atoms with van der Waals surface area (Å²) in [6.45, 7) is 4.91. The van der Waals surface area contributed by atoms with E-state index in [4.69, 9.17) is 23.8 Å². The standard InChI is InChI=1S/C23H27ClFN5O4/c1-10(2)30-15-6-11(5-13(25)19(15)28-21(30)23(3,4)32)18-12(24)8-26-22(29-18)27-14-7-17-33-9-16(34-17)20(14)31/h5-6,8,10,14,16-17,20,31-32H,7,9H2,1-4H3,(H,26,27,29)/t14-,16+,17+,20+/m1/s1/i9D2. The highest BCUT2D eigenvalue weighted by Gasteiger charge is 2.43. The van der Waals surface area contributed by atoms with Crippen LogP contribution in [0.2, 0.25) is 5.02 Å². The molecule has 9 nitrogen and oxygen atoms in total. The lowest BCUT2D eigenvalue weighted by Crippen LogP contribution is -2.48. The number of imidazole rings is 1. The number of aliphatic hydroxyl groups is 2. The van der Waals surface area contributed by atoms with Crippen molar-refractivity contribution in [1.82, 2.24) is 19.5 Å². The molecule has 2 fully saturated rings. The highest BCUT2D eigenvalue weighted by Crippen LogP contribution is 2.35. The second-order valence-electron chi connectivity index (χ2n) is 9.37. The topological polar surface area (TPSA) is 115 Å². The molecule has 5 rings (SSSR count). The maximum Gasteiger partial charge on any atom is 0.223 e. The van der Waals surface area contributed by atoms with Gasteiger partial charge in [0.25, 0.3) is 0 Å². The Morgan fingerprint density at radius 1 is 1.35 bits per heavy atom. The van der Waals surface area contributed by atoms with E-state index in [1.807, 2.05) is 13.8 Å². The van der Waals surface area contributed by atoms with Crippen molar-refractivity contribution in [2.24, 2.45) is 0 Å². The summed E-state index contributed by atoms with van der Waals surface area (Å²) in [5, 5.41) is 24.4. The molecule has 0 amide bonds. The number of nitrogens with one attached hydrogen (secondary N) is 1. The predicted octanol–water partition coefficient (Wildman–Crippen LogP) is 3.38. The van der Waals surface area contributed by atoms with Crippen LogP contribution in [0.4, 0.5) is 10.3 Å². The van der Waals surface area contributed by atoms with Crippen molar-refractivity contribution in [3.63, 3.8) is 0 Å². The number of hydrogen-bond acceptors (Lipinski definition) is 8. The minimum atomic E-state index is -2.11. The highest BCUT2D eigenvalue weighted by molar-refractivity contribution is 6.33. The molecule has 1 aromatic carbocycles. The van der Waals surface area contributed by atoms with Gasteiger partial charge < -0.3 is 29.6 Å². The smallest absolute Gasteiger partial charge is 0.223 e. The van der Waals surface area contributed by atoms with E-state index in [-0.39, 0.29) is 34.6 Å². The maximum absolute atomic E-state index is 15.2. The molecule has 2 bridgehead atoms. The van der Waals surface area contributed by atoms with E-state index in [1.54, 1.807) is 24.5 Å². The lowest BCUT2D eigenvalue weighted by molar-refractivity contribution is -0.123. The zero-order chi connectivity index (χ0) is 26.2. The Morgan fingerprint density at radius 2 is 2.12 bits per heavy atom. The van der Waals surface area contributed by atoms with E-state index in [0.717, 1.165) is 0 Å². The average Bonchev–Trinajstić information content (AvgIpc) is 3.29. The van der Waals surface area contributed by atoms with Crippen molar-refractivity contribution in [2.45, 2.75) is 70.3 Å². The van der Waals surface area contributed by atoms with E-state index >= 15 is 4.39 Å². The fourth-order valence-electron chi connectivity index (χ4n) is 4.37. The Bertz CT molecular complexity index is 1330. The Balaban J connectivity index is 1.53. The van der Waals surface area contributed by atoms with Gasteiger partial charge in [-0.3, -0.25) is 0 Å². The van der Waals surface area contributed by atoms with Crippen molar-refractivity contribution in [3.8, 4) is 11.3 Å². The first kappa shape index (κ1) is 21.0. The summed E-state index contributed by atoms with van der Waals surface area (Å²) in [5.41, 5.74) is -0.0393. The van der Waals surface area contributed by atoms with Crippen molar-refractivity contribution in [1.29, 1.82) is 0 Å². The van der Waals surface area contributed by atoms with Gasteiger partial charge in [-0.15, -0.1) is 0 Å². The molecule has 3 aromatic rings. The number of nitrogens with zero attached hydrogens (tertiary/aromatic N) is 4. The SMILES string of the molecule is [2H]C1([2H])O[C@@H]2C[C@@H](Nc3ncc(Cl)c(-c4cc(F)c5nc(C(C)(C)O)n(C(C)C)c5c4)n3)[C@H](O)[C@H]1O2. The number of ether oxygens (including phenoxy) is 2. The van der Waals surface area contributed by atoms with Crippen LogP contribution in [0.5, 0.6) is 0 Å². The number of hydrogen-bond donors (Lipinski definition) is 3. The van der Waals surface area contributed by atoms with E-state index in [0.29, 0.717) is 16.9 Å². The minimum absolute atomic E-state index is 0.113. The first-order chi connectivity index (χ1) is 16.8. The molecule has 2 aliphatic heterocycles. The molecule has 4 heterocycles. The number of rotatable bonds is 5. The average molecular weight is 494 g/mol. The van der Waals surface area contributed by atoms with Crippen LogP contribution >= 0.6 is 11.6 Å². The molecule has 11 heteroatoms. The van der Waals surface area contributed by atoms with Crippen LogP contribution in [0.25, 0.3) is 22.3 Å². The lowest BCUT2D eigenvalue weighted by Gasteiger charge is -2.32. The molecule has 2 saturated heterocycles. The first-order valence-corrected chi connectivity index (χ1v) is 11.4. The second-order valence-corrected chi connectivity index (χ2v) is 9.78. The van der Waals surface area contributed by atoms with Crippen molar-refractivity contribution in [2.75, 3.05) is 11.9 Å². The van der Waals surface area contributed by atoms with Gasteiger partial charge in [-0.25, -0.2) is 19.3 Å². The van der Waals surface area contributed by atoms with Gasteiger partial charge in [0.05, 0.1) is 37.8 Å². The van der Waals surface area contributed by atoms with Crippen LogP contribution in [-0.4, -0.2) is 60.8 Å². The molecule has 0 radical (unpaired) electrons. The monoisotopic (exact) mass is 493 g/mol. The predicted molar refractivity (Wildman–Crippen MR) is 124 cm³/mol. The van der Waals surface area contributed by atoms with Crippen LogP contribution in [0.1, 0.15) is 48.7 Å². The van der Waals surface area contributed by atoms with Crippen molar-refractivity contribution in [3.05, 3.63) is 35.0 Å². The van der Waals surface area contributed by atoms with Crippen LogP contribution in [-0.2, 0) is 15.1 Å². The maximum atomic E-state index is 15.2. The Labute approximate surface area is 203 Å². The van der Waals surface area contributed by atoms with Crippen molar-refractivity contribution < 1.29 is 26.8 Å². The third kappa shape index (κ3) is 4.03. The minimum Gasteiger partial charge on any atom is -0.388 e. The summed E-state index contributed by atoms with van der Waals surface area (Å²) < 4.78 is 43.4. The third-order valence-corrected chi connectivity index (χ3v) is 6.20. The number of aromatic nitrogens is 4. The van der Waals surface area contributed by atoms with Gasteiger partial charge in [0.1, 0.15) is 29.2 Å². The molecule has 3 N–H and O–H groups in total. The number of fused-ring (bicyclic) bond motifs is 3. The summed E-state index contributed by atoms with van der Waals surface area (Å²) in [6.07, 6.45) is -1.64. The summed E-state index contributed by atoms with van der Waals surface area (Å²) in [7, 11) is 0. The van der Waals surface area contributed by atoms with Gasteiger partial charge in [0, 0.05) is 18.0 Å². The molecule has 0 spiro atoms. The largest absolute Gasteiger partial charge is 0.388 e. The van der Waals surface area contributed by atoms with E-state index in [9.17, 15) is 10.2 Å². The summed E-state index contributed by atoms with van der Waals surface area (Å²) in [4.78, 5) is 13.0. The molecule has 34 heavy (non-hydrogen) atoms. The van der Waals surface area contributed by atoms with Gasteiger partial charge in [-0.2, -0.15) is 0 Å².